The second-order valence-corrected chi connectivity index (χ2v) is 5.72. The molecular weight excluding hydrogens is 280 g/mol. The van der Waals surface area contributed by atoms with Crippen LogP contribution in [-0.2, 0) is 11.3 Å². The molecule has 122 valence electrons. The average molecular weight is 306 g/mol. The molecule has 0 radical (unpaired) electrons. The fourth-order valence-electron chi connectivity index (χ4n) is 2.61. The number of guanidine groups is 1. The maximum atomic E-state index is 11.9. The summed E-state index contributed by atoms with van der Waals surface area (Å²) in [6.45, 7) is 7.64. The van der Waals surface area contributed by atoms with E-state index in [1.807, 2.05) is 13.0 Å². The fraction of sp³-hybridized carbons (Fsp3) is 0.625. The minimum Gasteiger partial charge on any atom is -0.467 e. The minimum atomic E-state index is -0.100. The number of furan rings is 1. The number of hydrogen-bond acceptors (Lipinski definition) is 3. The largest absolute Gasteiger partial charge is 0.467 e. The van der Waals surface area contributed by atoms with E-state index in [0.29, 0.717) is 12.5 Å². The molecule has 1 aliphatic heterocycles. The van der Waals surface area contributed by atoms with Crippen LogP contribution in [0.25, 0.3) is 0 Å². The first-order valence-electron chi connectivity index (χ1n) is 8.01. The number of rotatable bonds is 5. The summed E-state index contributed by atoms with van der Waals surface area (Å²) < 4.78 is 5.18. The second-order valence-electron chi connectivity index (χ2n) is 5.72. The van der Waals surface area contributed by atoms with Crippen molar-refractivity contribution in [3.05, 3.63) is 24.2 Å². The summed E-state index contributed by atoms with van der Waals surface area (Å²) in [5.41, 5.74) is 0. The molecule has 1 aliphatic rings. The molecule has 22 heavy (non-hydrogen) atoms. The molecule has 1 saturated heterocycles. The maximum absolute atomic E-state index is 11.9. The molecule has 0 aromatic carbocycles. The first-order valence-corrected chi connectivity index (χ1v) is 8.01. The number of likely N-dealkylation sites (tertiary alicyclic amines) is 1. The summed E-state index contributed by atoms with van der Waals surface area (Å²) in [4.78, 5) is 18.6. The van der Waals surface area contributed by atoms with Crippen molar-refractivity contribution in [3.63, 3.8) is 0 Å². The Morgan fingerprint density at radius 2 is 2.36 bits per heavy atom. The lowest BCUT2D eigenvalue weighted by molar-refractivity contribution is -0.119. The first-order chi connectivity index (χ1) is 10.7. The summed E-state index contributed by atoms with van der Waals surface area (Å²) >= 11 is 0. The van der Waals surface area contributed by atoms with Crippen LogP contribution in [0, 0.1) is 5.92 Å². The summed E-state index contributed by atoms with van der Waals surface area (Å²) in [5.74, 6) is 2.15. The van der Waals surface area contributed by atoms with Crippen molar-refractivity contribution in [2.45, 2.75) is 33.2 Å². The van der Waals surface area contributed by atoms with Crippen molar-refractivity contribution in [1.29, 1.82) is 0 Å². The van der Waals surface area contributed by atoms with Gasteiger partial charge < -0.3 is 20.0 Å². The number of nitrogens with zero attached hydrogens (tertiary/aromatic N) is 2. The van der Waals surface area contributed by atoms with Crippen molar-refractivity contribution in [2.24, 2.45) is 10.9 Å². The molecule has 1 amide bonds. The van der Waals surface area contributed by atoms with Gasteiger partial charge in [-0.05, 0) is 37.8 Å². The molecule has 2 rings (SSSR count). The number of piperidine rings is 1. The number of hydrogen-bond donors (Lipinski definition) is 2. The Hall–Kier alpha value is -1.98. The van der Waals surface area contributed by atoms with Crippen LogP contribution in [0.3, 0.4) is 0 Å². The highest BCUT2D eigenvalue weighted by Gasteiger charge is 2.19. The van der Waals surface area contributed by atoms with E-state index in [9.17, 15) is 4.79 Å². The Morgan fingerprint density at radius 1 is 1.50 bits per heavy atom. The number of nitrogens with one attached hydrogen (secondary N) is 2. The van der Waals surface area contributed by atoms with E-state index in [1.165, 1.54) is 12.8 Å². The molecule has 1 fully saturated rings. The Labute approximate surface area is 132 Å². The van der Waals surface area contributed by atoms with Crippen molar-refractivity contribution in [3.8, 4) is 0 Å². The van der Waals surface area contributed by atoms with Crippen LogP contribution in [-0.4, -0.2) is 42.9 Å². The van der Waals surface area contributed by atoms with Crippen LogP contribution in [0.1, 0.15) is 32.4 Å². The van der Waals surface area contributed by atoms with E-state index in [4.69, 9.17) is 4.42 Å². The molecule has 6 heteroatoms. The predicted octanol–water partition coefficient (Wildman–Crippen LogP) is 1.59. The van der Waals surface area contributed by atoms with Crippen LogP contribution in [0.5, 0.6) is 0 Å². The zero-order chi connectivity index (χ0) is 15.8. The third kappa shape index (κ3) is 5.09. The third-order valence-corrected chi connectivity index (χ3v) is 3.70. The van der Waals surface area contributed by atoms with Gasteiger partial charge in [-0.2, -0.15) is 0 Å². The van der Waals surface area contributed by atoms with Gasteiger partial charge in [0, 0.05) is 19.6 Å². The van der Waals surface area contributed by atoms with E-state index >= 15 is 0 Å². The van der Waals surface area contributed by atoms with Gasteiger partial charge in [0.05, 0.1) is 12.8 Å². The molecule has 0 saturated carbocycles. The molecular formula is C16H26N4O2. The Bertz CT molecular complexity index is 484. The zero-order valence-corrected chi connectivity index (χ0v) is 13.5. The molecule has 1 aromatic heterocycles. The summed E-state index contributed by atoms with van der Waals surface area (Å²) in [7, 11) is 0. The molecule has 1 atom stereocenters. The molecule has 2 heterocycles. The van der Waals surface area contributed by atoms with Crippen LogP contribution >= 0.6 is 0 Å². The average Bonchev–Trinajstić information content (AvgIpc) is 3.02. The highest BCUT2D eigenvalue weighted by atomic mass is 16.3. The van der Waals surface area contributed by atoms with Crippen LogP contribution < -0.4 is 10.6 Å². The van der Waals surface area contributed by atoms with Crippen molar-refractivity contribution < 1.29 is 9.21 Å². The number of amides is 1. The molecule has 1 aromatic rings. The molecule has 6 nitrogen and oxygen atoms in total. The van der Waals surface area contributed by atoms with Crippen molar-refractivity contribution >= 4 is 11.9 Å². The van der Waals surface area contributed by atoms with Gasteiger partial charge in [-0.3, -0.25) is 4.79 Å². The van der Waals surface area contributed by atoms with E-state index < -0.39 is 0 Å². The highest BCUT2D eigenvalue weighted by Crippen LogP contribution is 2.15. The smallest absolute Gasteiger partial charge is 0.242 e. The van der Waals surface area contributed by atoms with Gasteiger partial charge in [-0.15, -0.1) is 0 Å². The van der Waals surface area contributed by atoms with Crippen molar-refractivity contribution in [1.82, 2.24) is 15.5 Å². The lowest BCUT2D eigenvalue weighted by atomic mass is 10.0. The van der Waals surface area contributed by atoms with Gasteiger partial charge in [-0.25, -0.2) is 4.99 Å². The van der Waals surface area contributed by atoms with E-state index in [1.54, 1.807) is 12.3 Å². The molecule has 0 spiro atoms. The third-order valence-electron chi connectivity index (χ3n) is 3.70. The summed E-state index contributed by atoms with van der Waals surface area (Å²) in [6, 6.07) is 3.64. The second kappa shape index (κ2) is 8.46. The topological polar surface area (TPSA) is 69.9 Å². The van der Waals surface area contributed by atoms with Gasteiger partial charge >= 0.3 is 0 Å². The Kier molecular flexibility index (Phi) is 6.30. The first kappa shape index (κ1) is 16.4. The zero-order valence-electron chi connectivity index (χ0n) is 13.5. The molecule has 1 unspecified atom stereocenters. The molecule has 2 N–H and O–H groups in total. The number of carbonyl (C=O) groups excluding carboxylic acids is 1. The Morgan fingerprint density at radius 3 is 3.05 bits per heavy atom. The normalized spacial score (nSPS) is 19.1. The maximum Gasteiger partial charge on any atom is 0.242 e. The minimum absolute atomic E-state index is 0.100. The standard InChI is InChI=1S/C16H26N4O2/c1-3-17-16(20-8-4-6-13(2)12-20)19-11-15(21)18-10-14-7-5-9-22-14/h5,7,9,13H,3-4,6,8,10-12H2,1-2H3,(H,17,19)(H,18,21). The van der Waals surface area contributed by atoms with E-state index in [2.05, 4.69) is 27.4 Å². The highest BCUT2D eigenvalue weighted by molar-refractivity contribution is 5.85. The fourth-order valence-corrected chi connectivity index (χ4v) is 2.61. The predicted molar refractivity (Wildman–Crippen MR) is 86.5 cm³/mol. The monoisotopic (exact) mass is 306 g/mol. The van der Waals surface area contributed by atoms with E-state index in [0.717, 1.165) is 31.4 Å². The number of aliphatic imine (C=N–C) groups is 1. The molecule has 0 aliphatic carbocycles. The van der Waals surface area contributed by atoms with Gasteiger partial charge in [-0.1, -0.05) is 6.92 Å². The summed E-state index contributed by atoms with van der Waals surface area (Å²) in [6.07, 6.45) is 4.04. The summed E-state index contributed by atoms with van der Waals surface area (Å²) in [5, 5.41) is 6.08. The lowest BCUT2D eigenvalue weighted by Crippen LogP contribution is -2.46. The quantitative estimate of drug-likeness (QED) is 0.640. The van der Waals surface area contributed by atoms with Gasteiger partial charge in [0.15, 0.2) is 5.96 Å². The van der Waals surface area contributed by atoms with Gasteiger partial charge in [0.2, 0.25) is 5.91 Å². The molecule has 0 bridgehead atoms. The van der Waals surface area contributed by atoms with Gasteiger partial charge in [0.25, 0.3) is 0 Å². The number of carbonyl (C=O) groups is 1. The van der Waals surface area contributed by atoms with Crippen LogP contribution in [0.2, 0.25) is 0 Å². The van der Waals surface area contributed by atoms with Gasteiger partial charge in [0.1, 0.15) is 12.3 Å². The lowest BCUT2D eigenvalue weighted by Gasteiger charge is -2.33. The van der Waals surface area contributed by atoms with E-state index in [-0.39, 0.29) is 12.5 Å². The SMILES string of the molecule is CCNC(=NCC(=O)NCc1ccco1)N1CCCC(C)C1. The van der Waals surface area contributed by atoms with Crippen molar-refractivity contribution in [2.75, 3.05) is 26.2 Å². The van der Waals surface area contributed by atoms with Crippen LogP contribution in [0.4, 0.5) is 0 Å². The van der Waals surface area contributed by atoms with Crippen LogP contribution in [0.15, 0.2) is 27.8 Å². The Balaban J connectivity index is 1.84.